The quantitative estimate of drug-likeness (QED) is 0.891. The zero-order valence-corrected chi connectivity index (χ0v) is 11.2. The van der Waals surface area contributed by atoms with Gasteiger partial charge in [0.1, 0.15) is 0 Å². The molecule has 0 saturated carbocycles. The molecule has 0 radical (unpaired) electrons. The van der Waals surface area contributed by atoms with Gasteiger partial charge in [-0.2, -0.15) is 0 Å². The van der Waals surface area contributed by atoms with E-state index in [1.165, 1.54) is 11.1 Å². The smallest absolute Gasteiger partial charge is 0.224 e. The lowest BCUT2D eigenvalue weighted by Gasteiger charge is -2.21. The van der Waals surface area contributed by atoms with Gasteiger partial charge in [-0.1, -0.05) is 6.07 Å². The number of hydrogen-bond donors (Lipinski definition) is 1. The van der Waals surface area contributed by atoms with Gasteiger partial charge in [-0.05, 0) is 55.9 Å². The SMILES string of the molecule is Cc1ccc(NC(=O)CC2CCCOC2)cc1C. The average molecular weight is 247 g/mol. The Morgan fingerprint density at radius 2 is 2.22 bits per heavy atom. The molecule has 1 unspecified atom stereocenters. The van der Waals surface area contributed by atoms with Gasteiger partial charge < -0.3 is 10.1 Å². The minimum absolute atomic E-state index is 0.0914. The number of anilines is 1. The topological polar surface area (TPSA) is 38.3 Å². The molecule has 2 rings (SSSR count). The van der Waals surface area contributed by atoms with Crippen molar-refractivity contribution in [2.45, 2.75) is 33.1 Å². The Morgan fingerprint density at radius 1 is 1.39 bits per heavy atom. The van der Waals surface area contributed by atoms with E-state index in [1.807, 2.05) is 18.2 Å². The van der Waals surface area contributed by atoms with Crippen LogP contribution in [0.2, 0.25) is 0 Å². The summed E-state index contributed by atoms with van der Waals surface area (Å²) >= 11 is 0. The molecule has 1 aliphatic heterocycles. The maximum absolute atomic E-state index is 11.9. The van der Waals surface area contributed by atoms with Crippen molar-refractivity contribution in [1.29, 1.82) is 0 Å². The van der Waals surface area contributed by atoms with Crippen LogP contribution in [0.25, 0.3) is 0 Å². The zero-order chi connectivity index (χ0) is 13.0. The summed E-state index contributed by atoms with van der Waals surface area (Å²) in [6.45, 7) is 5.69. The first kappa shape index (κ1) is 13.1. The van der Waals surface area contributed by atoms with E-state index in [2.05, 4.69) is 19.2 Å². The number of ether oxygens (including phenoxy) is 1. The molecule has 1 saturated heterocycles. The van der Waals surface area contributed by atoms with Gasteiger partial charge in [0.25, 0.3) is 0 Å². The van der Waals surface area contributed by atoms with Crippen LogP contribution in [-0.4, -0.2) is 19.1 Å². The summed E-state index contributed by atoms with van der Waals surface area (Å²) in [5.74, 6) is 0.471. The first-order valence-electron chi connectivity index (χ1n) is 6.60. The second-order valence-corrected chi connectivity index (χ2v) is 5.13. The molecule has 0 aliphatic carbocycles. The first-order chi connectivity index (χ1) is 8.65. The molecule has 18 heavy (non-hydrogen) atoms. The minimum Gasteiger partial charge on any atom is -0.381 e. The highest BCUT2D eigenvalue weighted by Crippen LogP contribution is 2.19. The van der Waals surface area contributed by atoms with Crippen molar-refractivity contribution in [3.8, 4) is 0 Å². The van der Waals surface area contributed by atoms with Gasteiger partial charge in [0.15, 0.2) is 0 Å². The van der Waals surface area contributed by atoms with E-state index in [4.69, 9.17) is 4.74 Å². The van der Waals surface area contributed by atoms with E-state index in [9.17, 15) is 4.79 Å². The standard InChI is InChI=1S/C15H21NO2/c1-11-5-6-14(8-12(11)2)16-15(17)9-13-4-3-7-18-10-13/h5-6,8,13H,3-4,7,9-10H2,1-2H3,(H,16,17). The Morgan fingerprint density at radius 3 is 2.89 bits per heavy atom. The van der Waals surface area contributed by atoms with Gasteiger partial charge in [-0.3, -0.25) is 4.79 Å². The third kappa shape index (κ3) is 3.57. The van der Waals surface area contributed by atoms with Crippen LogP contribution in [0.15, 0.2) is 18.2 Å². The van der Waals surface area contributed by atoms with Crippen molar-refractivity contribution in [3.63, 3.8) is 0 Å². The number of nitrogens with one attached hydrogen (secondary N) is 1. The molecule has 3 nitrogen and oxygen atoms in total. The van der Waals surface area contributed by atoms with Crippen molar-refractivity contribution < 1.29 is 9.53 Å². The van der Waals surface area contributed by atoms with Crippen LogP contribution in [0, 0.1) is 19.8 Å². The van der Waals surface area contributed by atoms with Gasteiger partial charge in [-0.15, -0.1) is 0 Å². The van der Waals surface area contributed by atoms with Crippen LogP contribution in [-0.2, 0) is 9.53 Å². The monoisotopic (exact) mass is 247 g/mol. The highest BCUT2D eigenvalue weighted by Gasteiger charge is 2.17. The Hall–Kier alpha value is -1.35. The summed E-state index contributed by atoms with van der Waals surface area (Å²) in [6.07, 6.45) is 2.73. The lowest BCUT2D eigenvalue weighted by Crippen LogP contribution is -2.23. The van der Waals surface area contributed by atoms with Gasteiger partial charge in [-0.25, -0.2) is 0 Å². The molecule has 1 amide bonds. The molecule has 1 aliphatic rings. The second-order valence-electron chi connectivity index (χ2n) is 5.13. The van der Waals surface area contributed by atoms with E-state index in [0.29, 0.717) is 12.3 Å². The highest BCUT2D eigenvalue weighted by molar-refractivity contribution is 5.91. The number of benzene rings is 1. The van der Waals surface area contributed by atoms with E-state index in [-0.39, 0.29) is 5.91 Å². The Balaban J connectivity index is 1.88. The van der Waals surface area contributed by atoms with Crippen LogP contribution < -0.4 is 5.32 Å². The molecular weight excluding hydrogens is 226 g/mol. The number of hydrogen-bond acceptors (Lipinski definition) is 2. The molecule has 98 valence electrons. The van der Waals surface area contributed by atoms with Crippen molar-refractivity contribution in [2.75, 3.05) is 18.5 Å². The van der Waals surface area contributed by atoms with Crippen molar-refractivity contribution >= 4 is 11.6 Å². The fourth-order valence-electron chi connectivity index (χ4n) is 2.26. The van der Waals surface area contributed by atoms with Crippen LogP contribution in [0.3, 0.4) is 0 Å². The lowest BCUT2D eigenvalue weighted by molar-refractivity contribution is -0.118. The molecule has 1 aromatic rings. The maximum Gasteiger partial charge on any atom is 0.224 e. The summed E-state index contributed by atoms with van der Waals surface area (Å²) < 4.78 is 5.39. The summed E-state index contributed by atoms with van der Waals surface area (Å²) in [4.78, 5) is 11.9. The molecule has 3 heteroatoms. The number of rotatable bonds is 3. The summed E-state index contributed by atoms with van der Waals surface area (Å²) in [5, 5.41) is 2.96. The normalized spacial score (nSPS) is 19.6. The summed E-state index contributed by atoms with van der Waals surface area (Å²) in [6, 6.07) is 6.01. The van der Waals surface area contributed by atoms with Crippen molar-refractivity contribution in [1.82, 2.24) is 0 Å². The Kier molecular flexibility index (Phi) is 4.37. The molecular formula is C15H21NO2. The van der Waals surface area contributed by atoms with Gasteiger partial charge in [0.2, 0.25) is 5.91 Å². The first-order valence-corrected chi connectivity index (χ1v) is 6.60. The molecule has 1 heterocycles. The van der Waals surface area contributed by atoms with Gasteiger partial charge in [0.05, 0.1) is 0 Å². The molecule has 0 aromatic heterocycles. The fraction of sp³-hybridized carbons (Fsp3) is 0.533. The fourth-order valence-corrected chi connectivity index (χ4v) is 2.26. The van der Waals surface area contributed by atoms with Gasteiger partial charge >= 0.3 is 0 Å². The van der Waals surface area contributed by atoms with Crippen LogP contribution in [0.1, 0.15) is 30.4 Å². The average Bonchev–Trinajstić information content (AvgIpc) is 2.35. The minimum atomic E-state index is 0.0914. The van der Waals surface area contributed by atoms with Crippen LogP contribution >= 0.6 is 0 Å². The van der Waals surface area contributed by atoms with Crippen molar-refractivity contribution in [3.05, 3.63) is 29.3 Å². The van der Waals surface area contributed by atoms with Crippen molar-refractivity contribution in [2.24, 2.45) is 5.92 Å². The summed E-state index contributed by atoms with van der Waals surface area (Å²) in [5.41, 5.74) is 3.34. The number of carbonyl (C=O) groups excluding carboxylic acids is 1. The second kappa shape index (κ2) is 6.01. The predicted octanol–water partition coefficient (Wildman–Crippen LogP) is 3.06. The summed E-state index contributed by atoms with van der Waals surface area (Å²) in [7, 11) is 0. The lowest BCUT2D eigenvalue weighted by atomic mass is 9.98. The third-order valence-corrected chi connectivity index (χ3v) is 3.52. The molecule has 1 N–H and O–H groups in total. The molecule has 1 aromatic carbocycles. The number of amides is 1. The highest BCUT2D eigenvalue weighted by atomic mass is 16.5. The van der Waals surface area contributed by atoms with Crippen LogP contribution in [0.5, 0.6) is 0 Å². The third-order valence-electron chi connectivity index (χ3n) is 3.52. The van der Waals surface area contributed by atoms with E-state index >= 15 is 0 Å². The number of carbonyl (C=O) groups is 1. The predicted molar refractivity (Wildman–Crippen MR) is 72.7 cm³/mol. The maximum atomic E-state index is 11.9. The van der Waals surface area contributed by atoms with Crippen LogP contribution in [0.4, 0.5) is 5.69 Å². The largest absolute Gasteiger partial charge is 0.381 e. The molecule has 1 atom stereocenters. The van der Waals surface area contributed by atoms with E-state index < -0.39 is 0 Å². The Labute approximate surface area is 109 Å². The molecule has 0 bridgehead atoms. The Bertz CT molecular complexity index is 423. The van der Waals surface area contributed by atoms with E-state index in [0.717, 1.165) is 31.7 Å². The van der Waals surface area contributed by atoms with E-state index in [1.54, 1.807) is 0 Å². The number of aryl methyl sites for hydroxylation is 2. The molecule has 0 spiro atoms. The zero-order valence-electron chi connectivity index (χ0n) is 11.2. The molecule has 1 fully saturated rings. The van der Waals surface area contributed by atoms with Gasteiger partial charge in [0, 0.05) is 25.3 Å².